The molecule has 2 heterocycles. The van der Waals surface area contributed by atoms with Crippen LogP contribution >= 0.6 is 0 Å². The number of piperidine rings is 1. The largest absolute Gasteiger partial charge is 0.382 e. The summed E-state index contributed by atoms with van der Waals surface area (Å²) in [7, 11) is 0. The molecule has 1 N–H and O–H groups in total. The van der Waals surface area contributed by atoms with E-state index in [1.807, 2.05) is 24.3 Å². The number of nitrogens with zero attached hydrogens (tertiary/aromatic N) is 3. The molecule has 1 saturated heterocycles. The predicted octanol–water partition coefficient (Wildman–Crippen LogP) is 3.74. The van der Waals surface area contributed by atoms with E-state index in [9.17, 15) is 0 Å². The molecular formula is C21H24N4O. The SMILES string of the molecule is c1ccc(Cc2nc(CN3CCC(Nc4ccccc4)CC3)no2)cc1. The van der Waals surface area contributed by atoms with Crippen LogP contribution in [0.4, 0.5) is 5.69 Å². The minimum absolute atomic E-state index is 0.535. The molecule has 0 bridgehead atoms. The van der Waals surface area contributed by atoms with Crippen molar-refractivity contribution < 1.29 is 4.52 Å². The van der Waals surface area contributed by atoms with Gasteiger partial charge in [-0.05, 0) is 30.5 Å². The maximum Gasteiger partial charge on any atom is 0.231 e. The van der Waals surface area contributed by atoms with Crippen LogP contribution in [0.2, 0.25) is 0 Å². The first-order chi connectivity index (χ1) is 12.8. The first-order valence-electron chi connectivity index (χ1n) is 9.24. The van der Waals surface area contributed by atoms with Gasteiger partial charge >= 0.3 is 0 Å². The van der Waals surface area contributed by atoms with Gasteiger partial charge in [0.15, 0.2) is 5.82 Å². The molecule has 5 heteroatoms. The van der Waals surface area contributed by atoms with E-state index < -0.39 is 0 Å². The van der Waals surface area contributed by atoms with Gasteiger partial charge in [-0.25, -0.2) is 0 Å². The van der Waals surface area contributed by atoms with E-state index >= 15 is 0 Å². The zero-order chi connectivity index (χ0) is 17.6. The molecule has 0 aliphatic carbocycles. The number of likely N-dealkylation sites (tertiary alicyclic amines) is 1. The number of benzene rings is 2. The number of nitrogens with one attached hydrogen (secondary N) is 1. The molecule has 1 aliphatic heterocycles. The van der Waals surface area contributed by atoms with Crippen molar-refractivity contribution >= 4 is 5.69 Å². The molecule has 1 aliphatic rings. The van der Waals surface area contributed by atoms with E-state index in [4.69, 9.17) is 4.52 Å². The molecule has 0 spiro atoms. The summed E-state index contributed by atoms with van der Waals surface area (Å²) in [6.07, 6.45) is 2.95. The minimum Gasteiger partial charge on any atom is -0.382 e. The van der Waals surface area contributed by atoms with E-state index in [0.717, 1.165) is 38.3 Å². The minimum atomic E-state index is 0.535. The van der Waals surface area contributed by atoms with Crippen LogP contribution in [0.1, 0.15) is 30.1 Å². The number of hydrogen-bond donors (Lipinski definition) is 1. The highest BCUT2D eigenvalue weighted by molar-refractivity contribution is 5.43. The topological polar surface area (TPSA) is 54.2 Å². The number of hydrogen-bond acceptors (Lipinski definition) is 5. The van der Waals surface area contributed by atoms with Crippen molar-refractivity contribution in [2.45, 2.75) is 31.8 Å². The fraction of sp³-hybridized carbons (Fsp3) is 0.333. The zero-order valence-electron chi connectivity index (χ0n) is 14.8. The van der Waals surface area contributed by atoms with Gasteiger partial charge in [0.2, 0.25) is 5.89 Å². The maximum absolute atomic E-state index is 5.41. The first kappa shape index (κ1) is 16.8. The molecule has 2 aromatic carbocycles. The van der Waals surface area contributed by atoms with E-state index in [-0.39, 0.29) is 0 Å². The number of aromatic nitrogens is 2. The Morgan fingerprint density at radius 3 is 2.38 bits per heavy atom. The molecule has 1 fully saturated rings. The van der Waals surface area contributed by atoms with E-state index in [2.05, 4.69) is 56.8 Å². The van der Waals surface area contributed by atoms with Crippen molar-refractivity contribution in [1.82, 2.24) is 15.0 Å². The Labute approximate surface area is 154 Å². The quantitative estimate of drug-likeness (QED) is 0.735. The first-order valence-corrected chi connectivity index (χ1v) is 9.24. The summed E-state index contributed by atoms with van der Waals surface area (Å²) in [4.78, 5) is 6.95. The Morgan fingerprint density at radius 1 is 0.962 bits per heavy atom. The lowest BCUT2D eigenvalue weighted by molar-refractivity contribution is 0.204. The lowest BCUT2D eigenvalue weighted by Gasteiger charge is -2.32. The molecule has 26 heavy (non-hydrogen) atoms. The molecule has 0 atom stereocenters. The normalized spacial score (nSPS) is 15.8. The van der Waals surface area contributed by atoms with Crippen LogP contribution in [-0.2, 0) is 13.0 Å². The van der Waals surface area contributed by atoms with E-state index in [1.165, 1.54) is 11.3 Å². The standard InChI is InChI=1S/C21H24N4O/c1-3-7-17(8-4-1)15-21-23-20(24-26-21)16-25-13-11-19(12-14-25)22-18-9-5-2-6-10-18/h1-10,19,22H,11-16H2. The molecule has 0 amide bonds. The molecule has 0 radical (unpaired) electrons. The fourth-order valence-electron chi connectivity index (χ4n) is 3.40. The molecule has 3 aromatic rings. The molecule has 5 nitrogen and oxygen atoms in total. The fourth-order valence-corrected chi connectivity index (χ4v) is 3.40. The van der Waals surface area contributed by atoms with Gasteiger partial charge in [0.1, 0.15) is 0 Å². The number of rotatable bonds is 6. The summed E-state index contributed by atoms with van der Waals surface area (Å²) in [5, 5.41) is 7.77. The third kappa shape index (κ3) is 4.49. The summed E-state index contributed by atoms with van der Waals surface area (Å²) in [5.74, 6) is 1.47. The molecule has 0 unspecified atom stereocenters. The van der Waals surface area contributed by atoms with E-state index in [0.29, 0.717) is 18.4 Å². The van der Waals surface area contributed by atoms with Crippen molar-refractivity contribution in [1.29, 1.82) is 0 Å². The summed E-state index contributed by atoms with van der Waals surface area (Å²) in [6.45, 7) is 2.86. The maximum atomic E-state index is 5.41. The Morgan fingerprint density at radius 2 is 1.65 bits per heavy atom. The van der Waals surface area contributed by atoms with Crippen molar-refractivity contribution in [3.8, 4) is 0 Å². The van der Waals surface area contributed by atoms with Gasteiger partial charge in [0.25, 0.3) is 0 Å². The summed E-state index contributed by atoms with van der Waals surface area (Å²) in [6, 6.07) is 21.2. The number of anilines is 1. The molecule has 0 saturated carbocycles. The highest BCUT2D eigenvalue weighted by atomic mass is 16.5. The second-order valence-electron chi connectivity index (χ2n) is 6.83. The Balaban J connectivity index is 1.26. The Kier molecular flexibility index (Phi) is 5.26. The molecule has 1 aromatic heterocycles. The van der Waals surface area contributed by atoms with Gasteiger partial charge < -0.3 is 9.84 Å². The van der Waals surface area contributed by atoms with Gasteiger partial charge in [-0.2, -0.15) is 4.98 Å². The molecule has 134 valence electrons. The molecule has 4 rings (SSSR count). The van der Waals surface area contributed by atoms with Crippen LogP contribution in [0.5, 0.6) is 0 Å². The monoisotopic (exact) mass is 348 g/mol. The van der Waals surface area contributed by atoms with Crippen LogP contribution < -0.4 is 5.32 Å². The van der Waals surface area contributed by atoms with Crippen LogP contribution in [0.3, 0.4) is 0 Å². The highest BCUT2D eigenvalue weighted by Crippen LogP contribution is 2.17. The van der Waals surface area contributed by atoms with Gasteiger partial charge in [-0.15, -0.1) is 0 Å². The van der Waals surface area contributed by atoms with E-state index in [1.54, 1.807) is 0 Å². The second-order valence-corrected chi connectivity index (χ2v) is 6.83. The van der Waals surface area contributed by atoms with Gasteiger partial charge in [-0.3, -0.25) is 4.90 Å². The third-order valence-electron chi connectivity index (χ3n) is 4.81. The molecular weight excluding hydrogens is 324 g/mol. The van der Waals surface area contributed by atoms with Gasteiger partial charge in [0.05, 0.1) is 13.0 Å². The van der Waals surface area contributed by atoms with Crippen molar-refractivity contribution in [3.05, 3.63) is 77.9 Å². The lowest BCUT2D eigenvalue weighted by Crippen LogP contribution is -2.38. The smallest absolute Gasteiger partial charge is 0.231 e. The third-order valence-corrected chi connectivity index (χ3v) is 4.81. The number of para-hydroxylation sites is 1. The summed E-state index contributed by atoms with van der Waals surface area (Å²) < 4.78 is 5.41. The van der Waals surface area contributed by atoms with Crippen LogP contribution in [0.25, 0.3) is 0 Å². The average Bonchev–Trinajstić information content (AvgIpc) is 3.12. The zero-order valence-corrected chi connectivity index (χ0v) is 14.8. The Hall–Kier alpha value is -2.66. The van der Waals surface area contributed by atoms with Crippen molar-refractivity contribution in [2.24, 2.45) is 0 Å². The van der Waals surface area contributed by atoms with Gasteiger partial charge in [-0.1, -0.05) is 53.7 Å². The highest BCUT2D eigenvalue weighted by Gasteiger charge is 2.20. The Bertz CT molecular complexity index is 795. The van der Waals surface area contributed by atoms with Crippen molar-refractivity contribution in [3.63, 3.8) is 0 Å². The van der Waals surface area contributed by atoms with Crippen LogP contribution in [-0.4, -0.2) is 34.2 Å². The predicted molar refractivity (Wildman–Crippen MR) is 102 cm³/mol. The van der Waals surface area contributed by atoms with Crippen molar-refractivity contribution in [2.75, 3.05) is 18.4 Å². The second kappa shape index (κ2) is 8.15. The van der Waals surface area contributed by atoms with Crippen LogP contribution in [0.15, 0.2) is 65.2 Å². The lowest BCUT2D eigenvalue weighted by atomic mass is 10.0. The van der Waals surface area contributed by atoms with Gasteiger partial charge in [0, 0.05) is 24.8 Å². The van der Waals surface area contributed by atoms with Crippen LogP contribution in [0, 0.1) is 0 Å². The average molecular weight is 348 g/mol. The summed E-state index contributed by atoms with van der Waals surface area (Å²) in [5.41, 5.74) is 2.39. The summed E-state index contributed by atoms with van der Waals surface area (Å²) >= 11 is 0.